The lowest BCUT2D eigenvalue weighted by Gasteiger charge is -2.15. The Labute approximate surface area is 169 Å². The van der Waals surface area contributed by atoms with E-state index >= 15 is 0 Å². The molecule has 2 aromatic rings. The van der Waals surface area contributed by atoms with Crippen molar-refractivity contribution >= 4 is 33.2 Å². The van der Waals surface area contributed by atoms with Gasteiger partial charge in [0.1, 0.15) is 10.6 Å². The van der Waals surface area contributed by atoms with Crippen LogP contribution >= 0.6 is 0 Å². The summed E-state index contributed by atoms with van der Waals surface area (Å²) in [6, 6.07) is 9.24. The maximum Gasteiger partial charge on any atom is 0.265 e. The van der Waals surface area contributed by atoms with Gasteiger partial charge in [-0.2, -0.15) is 0 Å². The molecular formula is C20H23N3O5S. The number of benzene rings is 2. The average Bonchev–Trinajstić information content (AvgIpc) is 2.87. The fraction of sp³-hybridized carbons (Fsp3) is 0.300. The molecule has 1 heterocycles. The van der Waals surface area contributed by atoms with Crippen molar-refractivity contribution in [3.63, 3.8) is 0 Å². The van der Waals surface area contributed by atoms with Gasteiger partial charge in [0, 0.05) is 30.4 Å². The Bertz CT molecular complexity index is 1050. The summed E-state index contributed by atoms with van der Waals surface area (Å²) in [5.74, 6) is -0.288. The van der Waals surface area contributed by atoms with Crippen molar-refractivity contribution in [3.8, 4) is 5.75 Å². The molecule has 1 aliphatic rings. The van der Waals surface area contributed by atoms with Gasteiger partial charge in [0.05, 0.1) is 6.61 Å². The minimum absolute atomic E-state index is 0.0514. The molecule has 0 saturated carbocycles. The predicted molar refractivity (Wildman–Crippen MR) is 110 cm³/mol. The normalized spacial score (nSPS) is 13.7. The summed E-state index contributed by atoms with van der Waals surface area (Å²) >= 11 is 0. The van der Waals surface area contributed by atoms with Crippen LogP contribution in [0.2, 0.25) is 0 Å². The van der Waals surface area contributed by atoms with Crippen molar-refractivity contribution < 1.29 is 22.7 Å². The fourth-order valence-corrected chi connectivity index (χ4v) is 4.35. The van der Waals surface area contributed by atoms with Crippen molar-refractivity contribution in [2.45, 2.75) is 31.1 Å². The van der Waals surface area contributed by atoms with Crippen LogP contribution in [-0.2, 0) is 21.2 Å². The largest absolute Gasteiger partial charge is 0.492 e. The van der Waals surface area contributed by atoms with Crippen molar-refractivity contribution in [1.82, 2.24) is 5.32 Å². The Morgan fingerprint density at radius 2 is 1.97 bits per heavy atom. The fourth-order valence-electron chi connectivity index (χ4n) is 3.13. The second-order valence-electron chi connectivity index (χ2n) is 6.55. The minimum Gasteiger partial charge on any atom is -0.492 e. The van der Waals surface area contributed by atoms with E-state index in [0.717, 1.165) is 5.56 Å². The molecule has 9 heteroatoms. The Morgan fingerprint density at radius 1 is 1.17 bits per heavy atom. The van der Waals surface area contributed by atoms with Crippen molar-refractivity contribution in [1.29, 1.82) is 0 Å². The quantitative estimate of drug-likeness (QED) is 0.668. The summed E-state index contributed by atoms with van der Waals surface area (Å²) in [5.41, 5.74) is 2.13. The molecule has 0 unspecified atom stereocenters. The summed E-state index contributed by atoms with van der Waals surface area (Å²) in [6.07, 6.45) is 1.79. The number of hydrogen-bond acceptors (Lipinski definition) is 5. The van der Waals surface area contributed by atoms with E-state index in [1.807, 2.05) is 0 Å². The number of hydrogen-bond donors (Lipinski definition) is 3. The Balaban J connectivity index is 1.96. The number of anilines is 2. The number of fused-ring (bicyclic) bond motifs is 1. The van der Waals surface area contributed by atoms with Gasteiger partial charge in [0.25, 0.3) is 15.9 Å². The second-order valence-corrected chi connectivity index (χ2v) is 8.20. The van der Waals surface area contributed by atoms with E-state index in [2.05, 4.69) is 15.4 Å². The monoisotopic (exact) mass is 417 g/mol. The van der Waals surface area contributed by atoms with E-state index in [-0.39, 0.29) is 28.7 Å². The number of nitrogens with one attached hydrogen (secondary N) is 3. The van der Waals surface area contributed by atoms with Gasteiger partial charge in [-0.15, -0.1) is 0 Å². The lowest BCUT2D eigenvalue weighted by atomic mass is 10.1. The highest BCUT2D eigenvalue weighted by atomic mass is 32.2. The molecule has 8 nitrogen and oxygen atoms in total. The summed E-state index contributed by atoms with van der Waals surface area (Å²) in [7, 11) is -2.55. The summed E-state index contributed by atoms with van der Waals surface area (Å²) in [6.45, 7) is 2.03. The average molecular weight is 417 g/mol. The number of rotatable bonds is 6. The molecule has 0 bridgehead atoms. The maximum absolute atomic E-state index is 13.1. The van der Waals surface area contributed by atoms with Gasteiger partial charge >= 0.3 is 0 Å². The highest BCUT2D eigenvalue weighted by Crippen LogP contribution is 2.30. The zero-order valence-corrected chi connectivity index (χ0v) is 17.1. The molecule has 3 rings (SSSR count). The van der Waals surface area contributed by atoms with E-state index in [1.165, 1.54) is 25.2 Å². The van der Waals surface area contributed by atoms with Gasteiger partial charge in [-0.1, -0.05) is 0 Å². The summed E-state index contributed by atoms with van der Waals surface area (Å²) in [4.78, 5) is 23.5. The number of carbonyl (C=O) groups excluding carboxylic acids is 2. The molecule has 154 valence electrons. The SMILES string of the molecule is CCOc1ccc(C(=O)NC)cc1S(=O)(=O)Nc1ccc2c(c1)CCCC(=O)N2. The first-order valence-corrected chi connectivity index (χ1v) is 10.8. The van der Waals surface area contributed by atoms with Crippen molar-refractivity contribution in [3.05, 3.63) is 47.5 Å². The molecule has 0 fully saturated rings. The van der Waals surface area contributed by atoms with Crippen molar-refractivity contribution in [2.75, 3.05) is 23.7 Å². The van der Waals surface area contributed by atoms with Crippen LogP contribution in [0.25, 0.3) is 0 Å². The van der Waals surface area contributed by atoms with Gasteiger partial charge < -0.3 is 15.4 Å². The van der Waals surface area contributed by atoms with Crippen LogP contribution in [0, 0.1) is 0 Å². The third-order valence-electron chi connectivity index (χ3n) is 4.50. The van der Waals surface area contributed by atoms with E-state index in [4.69, 9.17) is 4.74 Å². The first kappa shape index (κ1) is 20.7. The van der Waals surface area contributed by atoms with Gasteiger partial charge in [-0.25, -0.2) is 8.42 Å². The van der Waals surface area contributed by atoms with Crippen LogP contribution in [0.1, 0.15) is 35.7 Å². The number of carbonyl (C=O) groups is 2. The Morgan fingerprint density at radius 3 is 2.69 bits per heavy atom. The molecule has 0 atom stereocenters. The van der Waals surface area contributed by atoms with Gasteiger partial charge in [0.15, 0.2) is 0 Å². The summed E-state index contributed by atoms with van der Waals surface area (Å²) in [5, 5.41) is 5.29. The molecule has 2 aromatic carbocycles. The molecule has 0 spiro atoms. The molecule has 0 radical (unpaired) electrons. The van der Waals surface area contributed by atoms with E-state index < -0.39 is 15.9 Å². The molecule has 0 aromatic heterocycles. The van der Waals surface area contributed by atoms with Gasteiger partial charge in [-0.05, 0) is 61.7 Å². The molecule has 1 aliphatic heterocycles. The zero-order valence-electron chi connectivity index (χ0n) is 16.2. The van der Waals surface area contributed by atoms with Crippen molar-refractivity contribution in [2.24, 2.45) is 0 Å². The lowest BCUT2D eigenvalue weighted by molar-refractivity contribution is -0.116. The Hall–Kier alpha value is -3.07. The number of aryl methyl sites for hydroxylation is 1. The molecule has 3 N–H and O–H groups in total. The van der Waals surface area contributed by atoms with E-state index in [9.17, 15) is 18.0 Å². The van der Waals surface area contributed by atoms with Crippen LogP contribution in [0.5, 0.6) is 5.75 Å². The molecule has 0 saturated heterocycles. The predicted octanol–water partition coefficient (Wildman–Crippen LogP) is 2.52. The molecular weight excluding hydrogens is 394 g/mol. The van der Waals surface area contributed by atoms with Crippen LogP contribution in [0.4, 0.5) is 11.4 Å². The first-order chi connectivity index (χ1) is 13.8. The van der Waals surface area contributed by atoms with Gasteiger partial charge in [0.2, 0.25) is 5.91 Å². The highest BCUT2D eigenvalue weighted by Gasteiger charge is 2.23. The topological polar surface area (TPSA) is 114 Å². The van der Waals surface area contributed by atoms with Gasteiger partial charge in [-0.3, -0.25) is 14.3 Å². The third kappa shape index (κ3) is 4.68. The molecule has 0 aliphatic carbocycles. The number of sulfonamides is 1. The maximum atomic E-state index is 13.1. The Kier molecular flexibility index (Phi) is 6.07. The molecule has 2 amide bonds. The lowest BCUT2D eigenvalue weighted by Crippen LogP contribution is -2.20. The van der Waals surface area contributed by atoms with E-state index in [0.29, 0.717) is 30.6 Å². The molecule has 29 heavy (non-hydrogen) atoms. The second kappa shape index (κ2) is 8.52. The highest BCUT2D eigenvalue weighted by molar-refractivity contribution is 7.92. The first-order valence-electron chi connectivity index (χ1n) is 9.28. The summed E-state index contributed by atoms with van der Waals surface area (Å²) < 4.78 is 34.1. The van der Waals surface area contributed by atoms with Crippen LogP contribution in [-0.4, -0.2) is 33.9 Å². The smallest absolute Gasteiger partial charge is 0.265 e. The van der Waals surface area contributed by atoms with Crippen LogP contribution < -0.4 is 20.1 Å². The van der Waals surface area contributed by atoms with Crippen LogP contribution in [0.15, 0.2) is 41.3 Å². The zero-order chi connectivity index (χ0) is 21.0. The minimum atomic E-state index is -4.02. The number of ether oxygens (including phenoxy) is 1. The third-order valence-corrected chi connectivity index (χ3v) is 5.91. The standard InChI is InChI=1S/C20H23N3O5S/c1-3-28-17-10-7-14(20(25)21-2)12-18(17)29(26,27)23-15-8-9-16-13(11-15)5-4-6-19(24)22-16/h7-12,23H,3-6H2,1-2H3,(H,21,25)(H,22,24). The number of amides is 2. The van der Waals surface area contributed by atoms with E-state index in [1.54, 1.807) is 25.1 Å². The van der Waals surface area contributed by atoms with Crippen LogP contribution in [0.3, 0.4) is 0 Å².